The molecule has 1 aromatic carbocycles. The molecule has 1 aliphatic heterocycles. The summed E-state index contributed by atoms with van der Waals surface area (Å²) in [6.07, 6.45) is 2.23. The van der Waals surface area contributed by atoms with Gasteiger partial charge in [-0.25, -0.2) is 0 Å². The lowest BCUT2D eigenvalue weighted by molar-refractivity contribution is -0.0495. The van der Waals surface area contributed by atoms with Gasteiger partial charge in [-0.1, -0.05) is 30.0 Å². The zero-order valence-electron chi connectivity index (χ0n) is 10.3. The summed E-state index contributed by atoms with van der Waals surface area (Å²) in [6.45, 7) is 8.47. The number of rotatable bonds is 2. The van der Waals surface area contributed by atoms with Crippen LogP contribution in [0, 0.1) is 0 Å². The van der Waals surface area contributed by atoms with Gasteiger partial charge in [0, 0.05) is 9.80 Å². The maximum atomic E-state index is 6.01. The van der Waals surface area contributed by atoms with Gasteiger partial charge in [0.05, 0.1) is 11.2 Å². The van der Waals surface area contributed by atoms with E-state index < -0.39 is 0 Å². The van der Waals surface area contributed by atoms with E-state index in [0.29, 0.717) is 0 Å². The highest BCUT2D eigenvalue weighted by Crippen LogP contribution is 2.44. The molecule has 0 fully saturated rings. The molecule has 0 N–H and O–H groups in total. The van der Waals surface area contributed by atoms with Crippen LogP contribution in [0.3, 0.4) is 0 Å². The Labute approximate surface area is 102 Å². The highest BCUT2D eigenvalue weighted by molar-refractivity contribution is 8.03. The molecule has 0 saturated heterocycles. The first-order valence-electron chi connectivity index (χ1n) is 5.55. The van der Waals surface area contributed by atoms with Crippen molar-refractivity contribution < 1.29 is 4.74 Å². The van der Waals surface area contributed by atoms with Gasteiger partial charge < -0.3 is 4.74 Å². The van der Waals surface area contributed by atoms with Crippen molar-refractivity contribution in [1.29, 1.82) is 0 Å². The minimum absolute atomic E-state index is 0.152. The van der Waals surface area contributed by atoms with Crippen LogP contribution in [-0.2, 0) is 4.74 Å². The lowest BCUT2D eigenvalue weighted by Gasteiger charge is -2.26. The van der Waals surface area contributed by atoms with Gasteiger partial charge in [0.1, 0.15) is 0 Å². The Morgan fingerprint density at radius 1 is 1.00 bits per heavy atom. The second-order valence-corrected chi connectivity index (χ2v) is 6.25. The lowest BCUT2D eigenvalue weighted by atomic mass is 10.1. The molecule has 0 spiro atoms. The minimum atomic E-state index is -0.177. The fraction of sp³-hybridized carbons (Fsp3) is 0.429. The smallest absolute Gasteiger partial charge is 0.0946 e. The van der Waals surface area contributed by atoms with Crippen LogP contribution in [0.1, 0.15) is 27.7 Å². The summed E-state index contributed by atoms with van der Waals surface area (Å²) < 4.78 is 6.01. The SMILES string of the molecule is CC1(C)C=C(Sc2ccccc2)C(C)(C)O1. The van der Waals surface area contributed by atoms with Gasteiger partial charge in [-0.15, -0.1) is 0 Å². The summed E-state index contributed by atoms with van der Waals surface area (Å²) in [5.74, 6) is 0. The Hall–Kier alpha value is -0.730. The average molecular weight is 234 g/mol. The van der Waals surface area contributed by atoms with Crippen molar-refractivity contribution >= 4 is 11.8 Å². The molecule has 86 valence electrons. The lowest BCUT2D eigenvalue weighted by Crippen LogP contribution is -2.28. The van der Waals surface area contributed by atoms with Crippen molar-refractivity contribution in [1.82, 2.24) is 0 Å². The van der Waals surface area contributed by atoms with Crippen molar-refractivity contribution in [2.75, 3.05) is 0 Å². The summed E-state index contributed by atoms with van der Waals surface area (Å²) in [4.78, 5) is 2.56. The topological polar surface area (TPSA) is 9.23 Å². The Morgan fingerprint density at radius 2 is 1.62 bits per heavy atom. The Kier molecular flexibility index (Phi) is 2.89. The van der Waals surface area contributed by atoms with Crippen LogP contribution in [0.25, 0.3) is 0 Å². The van der Waals surface area contributed by atoms with Crippen LogP contribution in [0.15, 0.2) is 46.2 Å². The third kappa shape index (κ3) is 2.50. The number of benzene rings is 1. The maximum absolute atomic E-state index is 6.01. The third-order valence-electron chi connectivity index (χ3n) is 2.56. The molecule has 0 unspecified atom stereocenters. The van der Waals surface area contributed by atoms with E-state index in [9.17, 15) is 0 Å². The zero-order valence-corrected chi connectivity index (χ0v) is 11.1. The van der Waals surface area contributed by atoms with E-state index in [-0.39, 0.29) is 11.2 Å². The molecule has 0 saturated carbocycles. The monoisotopic (exact) mass is 234 g/mol. The Balaban J connectivity index is 2.22. The summed E-state index contributed by atoms with van der Waals surface area (Å²) in [5.41, 5.74) is -0.329. The van der Waals surface area contributed by atoms with Crippen molar-refractivity contribution in [2.45, 2.75) is 43.8 Å². The molecule has 16 heavy (non-hydrogen) atoms. The number of hydrogen-bond donors (Lipinski definition) is 0. The molecule has 0 aliphatic carbocycles. The van der Waals surface area contributed by atoms with Crippen LogP contribution in [0.2, 0.25) is 0 Å². The van der Waals surface area contributed by atoms with Gasteiger partial charge in [-0.05, 0) is 45.9 Å². The highest BCUT2D eigenvalue weighted by atomic mass is 32.2. The van der Waals surface area contributed by atoms with Crippen molar-refractivity contribution in [3.63, 3.8) is 0 Å². The number of ether oxygens (including phenoxy) is 1. The summed E-state index contributed by atoms with van der Waals surface area (Å²) in [7, 11) is 0. The average Bonchev–Trinajstić information content (AvgIpc) is 2.36. The van der Waals surface area contributed by atoms with Crippen LogP contribution in [-0.4, -0.2) is 11.2 Å². The molecule has 2 heteroatoms. The quantitative estimate of drug-likeness (QED) is 0.756. The standard InChI is InChI=1S/C14H18OS/c1-13(2)10-12(14(3,4)15-13)16-11-8-6-5-7-9-11/h5-10H,1-4H3. The van der Waals surface area contributed by atoms with Crippen LogP contribution in [0.5, 0.6) is 0 Å². The van der Waals surface area contributed by atoms with E-state index in [1.165, 1.54) is 9.80 Å². The molecule has 1 aromatic rings. The minimum Gasteiger partial charge on any atom is -0.360 e. The first-order valence-corrected chi connectivity index (χ1v) is 6.37. The predicted molar refractivity (Wildman–Crippen MR) is 69.6 cm³/mol. The summed E-state index contributed by atoms with van der Waals surface area (Å²) >= 11 is 1.80. The van der Waals surface area contributed by atoms with Gasteiger partial charge in [-0.2, -0.15) is 0 Å². The van der Waals surface area contributed by atoms with E-state index in [0.717, 1.165) is 0 Å². The molecule has 0 amide bonds. The molecule has 1 aliphatic rings. The fourth-order valence-corrected chi connectivity index (χ4v) is 3.17. The van der Waals surface area contributed by atoms with E-state index in [4.69, 9.17) is 4.74 Å². The molecule has 0 aromatic heterocycles. The summed E-state index contributed by atoms with van der Waals surface area (Å²) in [5, 5.41) is 0. The van der Waals surface area contributed by atoms with Gasteiger partial charge >= 0.3 is 0 Å². The van der Waals surface area contributed by atoms with Crippen molar-refractivity contribution in [2.24, 2.45) is 0 Å². The fourth-order valence-electron chi connectivity index (χ4n) is 1.99. The molecule has 2 rings (SSSR count). The molecule has 0 bridgehead atoms. The Morgan fingerprint density at radius 3 is 2.12 bits per heavy atom. The van der Waals surface area contributed by atoms with Crippen LogP contribution < -0.4 is 0 Å². The van der Waals surface area contributed by atoms with Crippen LogP contribution >= 0.6 is 11.8 Å². The van der Waals surface area contributed by atoms with Gasteiger partial charge in [0.2, 0.25) is 0 Å². The molecule has 1 nitrogen and oxygen atoms in total. The van der Waals surface area contributed by atoms with E-state index in [1.54, 1.807) is 11.8 Å². The van der Waals surface area contributed by atoms with Crippen LogP contribution in [0.4, 0.5) is 0 Å². The first-order chi connectivity index (χ1) is 7.39. The molecule has 0 radical (unpaired) electrons. The van der Waals surface area contributed by atoms with Gasteiger partial charge in [0.15, 0.2) is 0 Å². The predicted octanol–water partition coefficient (Wildman–Crippen LogP) is 4.25. The second kappa shape index (κ2) is 3.94. The van der Waals surface area contributed by atoms with Gasteiger partial charge in [0.25, 0.3) is 0 Å². The number of hydrogen-bond acceptors (Lipinski definition) is 2. The summed E-state index contributed by atoms with van der Waals surface area (Å²) in [6, 6.07) is 10.4. The normalized spacial score (nSPS) is 21.9. The van der Waals surface area contributed by atoms with E-state index in [2.05, 4.69) is 58.0 Å². The highest BCUT2D eigenvalue weighted by Gasteiger charge is 2.38. The largest absolute Gasteiger partial charge is 0.360 e. The Bertz CT molecular complexity index is 404. The van der Waals surface area contributed by atoms with E-state index in [1.807, 2.05) is 6.07 Å². The molecular formula is C14H18OS. The molecule has 0 atom stereocenters. The maximum Gasteiger partial charge on any atom is 0.0946 e. The van der Waals surface area contributed by atoms with E-state index >= 15 is 0 Å². The molecular weight excluding hydrogens is 216 g/mol. The second-order valence-electron chi connectivity index (χ2n) is 5.14. The third-order valence-corrected chi connectivity index (χ3v) is 3.90. The number of thioether (sulfide) groups is 1. The first kappa shape index (κ1) is 11.7. The molecule has 1 heterocycles. The zero-order chi connectivity index (χ0) is 11.8. The van der Waals surface area contributed by atoms with Gasteiger partial charge in [-0.3, -0.25) is 0 Å². The van der Waals surface area contributed by atoms with Crippen molar-refractivity contribution in [3.8, 4) is 0 Å². The van der Waals surface area contributed by atoms with Crippen molar-refractivity contribution in [3.05, 3.63) is 41.3 Å².